The molecule has 4 fully saturated rings. The van der Waals surface area contributed by atoms with Crippen molar-refractivity contribution in [2.75, 3.05) is 6.54 Å². The molecule has 4 saturated carbocycles. The van der Waals surface area contributed by atoms with Crippen LogP contribution in [0.2, 0.25) is 0 Å². The highest BCUT2D eigenvalue weighted by atomic mass is 79.9. The van der Waals surface area contributed by atoms with Gasteiger partial charge >= 0.3 is 0 Å². The molecule has 1 aromatic heterocycles. The van der Waals surface area contributed by atoms with Gasteiger partial charge in [0.1, 0.15) is 18.4 Å². The van der Waals surface area contributed by atoms with Gasteiger partial charge in [-0.25, -0.2) is 5.43 Å². The molecule has 0 radical (unpaired) electrons. The van der Waals surface area contributed by atoms with Crippen LogP contribution in [-0.4, -0.2) is 43.9 Å². The van der Waals surface area contributed by atoms with Gasteiger partial charge in [-0.2, -0.15) is 9.78 Å². The lowest BCUT2D eigenvalue weighted by atomic mass is 9.47. The fourth-order valence-corrected chi connectivity index (χ4v) is 6.95. The lowest BCUT2D eigenvalue weighted by molar-refractivity contribution is -0.139. The van der Waals surface area contributed by atoms with Gasteiger partial charge in [-0.15, -0.1) is 5.10 Å². The lowest BCUT2D eigenvalue weighted by Gasteiger charge is -2.63. The van der Waals surface area contributed by atoms with Gasteiger partial charge in [0.05, 0.1) is 5.69 Å². The third-order valence-electron chi connectivity index (χ3n) is 7.46. The van der Waals surface area contributed by atoms with Crippen molar-refractivity contribution in [2.24, 2.45) is 28.8 Å². The molecule has 7 rings (SSSR count). The number of aromatic nitrogens is 4. The van der Waals surface area contributed by atoms with Gasteiger partial charge in [-0.3, -0.25) is 4.79 Å². The van der Waals surface area contributed by atoms with E-state index < -0.39 is 5.54 Å². The summed E-state index contributed by atoms with van der Waals surface area (Å²) in [4.78, 5) is 14.4. The zero-order valence-corrected chi connectivity index (χ0v) is 17.5. The maximum Gasteiger partial charge on any atom is 0.259 e. The van der Waals surface area contributed by atoms with Crippen molar-refractivity contribution in [3.63, 3.8) is 0 Å². The molecule has 2 heterocycles. The first-order valence-corrected chi connectivity index (χ1v) is 11.1. The molecule has 9 heteroatoms. The SMILES string of the molecule is O=C1CN(C2(c3nnnn3-c3ccc(Br)cc3)C3CC4CC(C3)CC2C4)C=NN1. The molecule has 1 aromatic carbocycles. The Bertz CT molecular complexity index is 957. The summed E-state index contributed by atoms with van der Waals surface area (Å²) in [5, 5.41) is 17.2. The second kappa shape index (κ2) is 6.35. The largest absolute Gasteiger partial charge is 0.338 e. The smallest absolute Gasteiger partial charge is 0.259 e. The first-order valence-electron chi connectivity index (χ1n) is 10.3. The molecule has 1 aliphatic heterocycles. The van der Waals surface area contributed by atoms with E-state index in [2.05, 4.69) is 46.9 Å². The molecular weight excluding hydrogens is 434 g/mol. The molecule has 0 saturated heterocycles. The normalized spacial score (nSPS) is 35.2. The zero-order chi connectivity index (χ0) is 19.6. The van der Waals surface area contributed by atoms with Gasteiger partial charge in [0.15, 0.2) is 5.82 Å². The van der Waals surface area contributed by atoms with Crippen LogP contribution in [0.15, 0.2) is 33.8 Å². The van der Waals surface area contributed by atoms with Crippen LogP contribution in [0.3, 0.4) is 0 Å². The summed E-state index contributed by atoms with van der Waals surface area (Å²) in [5.41, 5.74) is 3.11. The Balaban J connectivity index is 1.54. The topological polar surface area (TPSA) is 88.3 Å². The molecular formula is C20H22BrN7O. The molecule has 29 heavy (non-hydrogen) atoms. The number of carbonyl (C=O) groups excluding carboxylic acids is 1. The summed E-state index contributed by atoms with van der Waals surface area (Å²) in [7, 11) is 0. The number of amides is 1. The molecule has 1 N–H and O–H groups in total. The lowest BCUT2D eigenvalue weighted by Crippen LogP contribution is -2.66. The zero-order valence-electron chi connectivity index (χ0n) is 15.9. The average Bonchev–Trinajstić information content (AvgIpc) is 3.18. The van der Waals surface area contributed by atoms with Gasteiger partial charge in [-0.05, 0) is 90.5 Å². The number of rotatable bonds is 3. The number of nitrogens with one attached hydrogen (secondary N) is 1. The van der Waals surface area contributed by atoms with Crippen LogP contribution in [0.5, 0.6) is 0 Å². The summed E-state index contributed by atoms with van der Waals surface area (Å²) in [6.45, 7) is 0.291. The minimum absolute atomic E-state index is 0.0802. The number of hydrogen-bond acceptors (Lipinski definition) is 6. The molecule has 4 bridgehead atoms. The van der Waals surface area contributed by atoms with Crippen molar-refractivity contribution in [3.05, 3.63) is 34.6 Å². The van der Waals surface area contributed by atoms with Gasteiger partial charge in [-0.1, -0.05) is 15.9 Å². The summed E-state index contributed by atoms with van der Waals surface area (Å²) >= 11 is 3.50. The summed E-state index contributed by atoms with van der Waals surface area (Å²) in [6.07, 6.45) is 7.84. The van der Waals surface area contributed by atoms with Crippen molar-refractivity contribution >= 4 is 28.2 Å². The maximum absolute atomic E-state index is 12.3. The monoisotopic (exact) mass is 455 g/mol. The molecule has 0 unspecified atom stereocenters. The second-order valence-corrected chi connectivity index (χ2v) is 9.84. The van der Waals surface area contributed by atoms with E-state index in [0.717, 1.165) is 27.8 Å². The minimum atomic E-state index is -0.398. The van der Waals surface area contributed by atoms with Crippen LogP contribution in [0.4, 0.5) is 0 Å². The molecule has 2 aromatic rings. The number of hydrogen-bond donors (Lipinski definition) is 1. The van der Waals surface area contributed by atoms with E-state index in [0.29, 0.717) is 18.4 Å². The second-order valence-electron chi connectivity index (χ2n) is 8.93. The average molecular weight is 456 g/mol. The fraction of sp³-hybridized carbons (Fsp3) is 0.550. The maximum atomic E-state index is 12.3. The van der Waals surface area contributed by atoms with E-state index in [1.807, 2.05) is 28.9 Å². The highest BCUT2D eigenvalue weighted by Crippen LogP contribution is 2.63. The number of halogens is 1. The highest BCUT2D eigenvalue weighted by Gasteiger charge is 2.63. The van der Waals surface area contributed by atoms with Crippen molar-refractivity contribution in [3.8, 4) is 5.69 Å². The van der Waals surface area contributed by atoms with Gasteiger partial charge in [0, 0.05) is 4.47 Å². The molecule has 0 atom stereocenters. The first-order chi connectivity index (χ1) is 14.1. The number of hydrazone groups is 1. The minimum Gasteiger partial charge on any atom is -0.338 e. The quantitative estimate of drug-likeness (QED) is 0.767. The van der Waals surface area contributed by atoms with Gasteiger partial charge < -0.3 is 4.90 Å². The third-order valence-corrected chi connectivity index (χ3v) is 7.99. The predicted molar refractivity (Wildman–Crippen MR) is 109 cm³/mol. The Morgan fingerprint density at radius 1 is 1.03 bits per heavy atom. The van der Waals surface area contributed by atoms with E-state index in [4.69, 9.17) is 0 Å². The Hall–Kier alpha value is -2.29. The predicted octanol–water partition coefficient (Wildman–Crippen LogP) is 2.45. The Kier molecular flexibility index (Phi) is 3.85. The van der Waals surface area contributed by atoms with Crippen molar-refractivity contribution in [1.29, 1.82) is 0 Å². The molecule has 1 amide bonds. The van der Waals surface area contributed by atoms with Gasteiger partial charge in [0.2, 0.25) is 0 Å². The van der Waals surface area contributed by atoms with Crippen LogP contribution in [0.25, 0.3) is 5.69 Å². The summed E-state index contributed by atoms with van der Waals surface area (Å²) in [5.74, 6) is 3.20. The standard InChI is InChI=1S/C20H22BrN7O/c21-16-1-3-17(4-2-16)28-19(24-25-26-28)20(27-10-18(29)23-22-11-27)14-6-12-5-13(8-14)9-15(20)7-12/h1-4,11-15H,5-10H2,(H,23,29). The van der Waals surface area contributed by atoms with Crippen molar-refractivity contribution in [2.45, 2.75) is 37.6 Å². The highest BCUT2D eigenvalue weighted by molar-refractivity contribution is 9.10. The van der Waals surface area contributed by atoms with Crippen molar-refractivity contribution < 1.29 is 4.79 Å². The van der Waals surface area contributed by atoms with Crippen LogP contribution in [-0.2, 0) is 10.3 Å². The number of tetrazole rings is 1. The van der Waals surface area contributed by atoms with Crippen LogP contribution < -0.4 is 5.43 Å². The van der Waals surface area contributed by atoms with E-state index in [1.54, 1.807) is 6.34 Å². The third kappa shape index (κ3) is 2.52. The Labute approximate surface area is 176 Å². The molecule has 0 spiro atoms. The Morgan fingerprint density at radius 3 is 2.38 bits per heavy atom. The van der Waals surface area contributed by atoms with E-state index in [1.165, 1.54) is 32.1 Å². The number of carbonyl (C=O) groups is 1. The number of benzene rings is 1. The Morgan fingerprint density at radius 2 is 1.72 bits per heavy atom. The number of nitrogens with zero attached hydrogens (tertiary/aromatic N) is 6. The molecule has 150 valence electrons. The fourth-order valence-electron chi connectivity index (χ4n) is 6.69. The van der Waals surface area contributed by atoms with E-state index >= 15 is 0 Å². The summed E-state index contributed by atoms with van der Waals surface area (Å²) in [6, 6.07) is 8.04. The van der Waals surface area contributed by atoms with Crippen LogP contribution >= 0.6 is 15.9 Å². The van der Waals surface area contributed by atoms with Crippen LogP contribution in [0, 0.1) is 23.7 Å². The van der Waals surface area contributed by atoms with E-state index in [-0.39, 0.29) is 5.91 Å². The molecule has 8 nitrogen and oxygen atoms in total. The molecule has 5 aliphatic rings. The van der Waals surface area contributed by atoms with Gasteiger partial charge in [0.25, 0.3) is 5.91 Å². The van der Waals surface area contributed by atoms with Crippen molar-refractivity contribution in [1.82, 2.24) is 30.5 Å². The van der Waals surface area contributed by atoms with E-state index in [9.17, 15) is 4.79 Å². The van der Waals surface area contributed by atoms with Crippen LogP contribution in [0.1, 0.15) is 37.9 Å². The first kappa shape index (κ1) is 17.6. The summed E-state index contributed by atoms with van der Waals surface area (Å²) < 4.78 is 2.88. The molecule has 4 aliphatic carbocycles.